The van der Waals surface area contributed by atoms with Crippen molar-refractivity contribution < 1.29 is 23.6 Å². The molecule has 2 heterocycles. The van der Waals surface area contributed by atoms with Gasteiger partial charge in [0.2, 0.25) is 11.8 Å². The van der Waals surface area contributed by atoms with Gasteiger partial charge in [-0.05, 0) is 76.3 Å². The van der Waals surface area contributed by atoms with E-state index in [1.54, 1.807) is 41.8 Å². The summed E-state index contributed by atoms with van der Waals surface area (Å²) in [5.74, 6) is -2.47. The van der Waals surface area contributed by atoms with Crippen LogP contribution in [0.15, 0.2) is 30.5 Å². The van der Waals surface area contributed by atoms with Gasteiger partial charge in [-0.15, -0.1) is 0 Å². The molecule has 256 valence electrons. The number of piperazine rings is 1. The molecule has 3 fully saturated rings. The second kappa shape index (κ2) is 14.8. The van der Waals surface area contributed by atoms with Gasteiger partial charge in [-0.1, -0.05) is 32.3 Å². The minimum absolute atomic E-state index is 0.0257. The van der Waals surface area contributed by atoms with Gasteiger partial charge in [-0.2, -0.15) is 5.10 Å². The summed E-state index contributed by atoms with van der Waals surface area (Å²) in [6.45, 7) is 8.43. The topological polar surface area (TPSA) is 141 Å². The van der Waals surface area contributed by atoms with Crippen LogP contribution in [0.1, 0.15) is 87.7 Å². The van der Waals surface area contributed by atoms with Crippen molar-refractivity contribution in [3.05, 3.63) is 47.5 Å². The van der Waals surface area contributed by atoms with Crippen LogP contribution in [0.3, 0.4) is 0 Å². The number of amides is 5. The van der Waals surface area contributed by atoms with E-state index in [4.69, 9.17) is 0 Å². The molecular formula is C34H49FN8O4. The molecular weight excluding hydrogens is 603 g/mol. The van der Waals surface area contributed by atoms with Crippen LogP contribution in [0.25, 0.3) is 0 Å². The third kappa shape index (κ3) is 8.11. The number of likely N-dealkylation sites (N-methyl/N-ethyl adjacent to an activating group) is 1. The first kappa shape index (κ1) is 34.3. The number of aromatic nitrogens is 2. The highest BCUT2D eigenvalue weighted by molar-refractivity contribution is 6.03. The molecule has 4 N–H and O–H groups in total. The van der Waals surface area contributed by atoms with Gasteiger partial charge in [0.05, 0.1) is 5.69 Å². The van der Waals surface area contributed by atoms with Gasteiger partial charge >= 0.3 is 6.03 Å². The number of nitrogens with one attached hydrogen (secondary N) is 4. The van der Waals surface area contributed by atoms with Crippen LogP contribution in [-0.2, 0) is 16.1 Å². The quantitative estimate of drug-likeness (QED) is 0.293. The highest BCUT2D eigenvalue weighted by Crippen LogP contribution is 2.35. The standard InChI is InChI=1S/C34H49FN8O4/c1-5-43-28(15-16-36-43)30(44)40-34(3,24-9-7-6-8-10-24)32(46)38-27-14-11-23(21-26(27)35)22(2)29(39-33(47)37-25-12-13-25)31(45)42-19-17-41(4)18-20-42/h11,14-16,21-22,24-25,29H,5-10,12-13,17-20H2,1-4H3,(H,38,46)(H,40,44)(H2,37,39,47)/t22-,29+,34+/m0/s1. The minimum atomic E-state index is -1.29. The predicted molar refractivity (Wildman–Crippen MR) is 176 cm³/mol. The van der Waals surface area contributed by atoms with Crippen LogP contribution in [-0.4, -0.2) is 94.2 Å². The number of benzene rings is 1. The molecule has 5 amide bonds. The van der Waals surface area contributed by atoms with E-state index in [-0.39, 0.29) is 23.6 Å². The van der Waals surface area contributed by atoms with Gasteiger partial charge in [0.1, 0.15) is 23.1 Å². The van der Waals surface area contributed by atoms with E-state index >= 15 is 4.39 Å². The molecule has 12 nitrogen and oxygen atoms in total. The van der Waals surface area contributed by atoms with Crippen LogP contribution >= 0.6 is 0 Å². The van der Waals surface area contributed by atoms with E-state index in [1.807, 2.05) is 14.0 Å². The van der Waals surface area contributed by atoms with Crippen molar-refractivity contribution in [1.29, 1.82) is 0 Å². The third-order valence-electron chi connectivity index (χ3n) is 10.1. The van der Waals surface area contributed by atoms with Gasteiger partial charge in [0.25, 0.3) is 5.91 Å². The first-order valence-electron chi connectivity index (χ1n) is 17.0. The molecule has 1 aromatic heterocycles. The van der Waals surface area contributed by atoms with Crippen LogP contribution in [0, 0.1) is 11.7 Å². The van der Waals surface area contributed by atoms with Crippen molar-refractivity contribution in [2.45, 2.75) is 95.8 Å². The number of aryl methyl sites for hydroxylation is 1. The van der Waals surface area contributed by atoms with E-state index in [0.29, 0.717) is 30.9 Å². The zero-order valence-electron chi connectivity index (χ0n) is 28.0. The summed E-state index contributed by atoms with van der Waals surface area (Å²) in [5, 5.41) is 15.7. The molecule has 1 aliphatic heterocycles. The summed E-state index contributed by atoms with van der Waals surface area (Å²) in [6.07, 6.45) is 7.84. The normalized spacial score (nSPS) is 20.1. The summed E-state index contributed by atoms with van der Waals surface area (Å²) >= 11 is 0. The maximum absolute atomic E-state index is 15.8. The van der Waals surface area contributed by atoms with Gasteiger partial charge in [0, 0.05) is 50.9 Å². The number of rotatable bonds is 11. The Labute approximate surface area is 276 Å². The molecule has 0 spiro atoms. The summed E-state index contributed by atoms with van der Waals surface area (Å²) in [7, 11) is 2.00. The fourth-order valence-electron chi connectivity index (χ4n) is 6.68. The Hall–Kier alpha value is -4.00. The van der Waals surface area contributed by atoms with Crippen molar-refractivity contribution in [1.82, 2.24) is 35.5 Å². The Morgan fingerprint density at radius 3 is 2.36 bits per heavy atom. The molecule has 3 atom stereocenters. The van der Waals surface area contributed by atoms with Gasteiger partial charge in [0.15, 0.2) is 0 Å². The highest BCUT2D eigenvalue weighted by Gasteiger charge is 2.44. The Morgan fingerprint density at radius 2 is 1.72 bits per heavy atom. The first-order chi connectivity index (χ1) is 22.5. The van der Waals surface area contributed by atoms with Crippen molar-refractivity contribution in [2.24, 2.45) is 5.92 Å². The highest BCUT2D eigenvalue weighted by atomic mass is 19.1. The fraction of sp³-hybridized carbons (Fsp3) is 0.618. The number of hydrogen-bond donors (Lipinski definition) is 4. The Bertz CT molecular complexity index is 1450. The third-order valence-corrected chi connectivity index (χ3v) is 10.1. The molecule has 1 saturated heterocycles. The number of carbonyl (C=O) groups is 4. The molecule has 13 heteroatoms. The molecule has 3 aliphatic rings. The van der Waals surface area contributed by atoms with Gasteiger partial charge in [-0.3, -0.25) is 19.1 Å². The Kier molecular flexibility index (Phi) is 10.8. The van der Waals surface area contributed by atoms with Crippen LogP contribution in [0.2, 0.25) is 0 Å². The zero-order valence-corrected chi connectivity index (χ0v) is 28.0. The summed E-state index contributed by atoms with van der Waals surface area (Å²) < 4.78 is 17.3. The number of anilines is 1. The zero-order chi connectivity index (χ0) is 33.7. The number of nitrogens with zero attached hydrogens (tertiary/aromatic N) is 4. The van der Waals surface area contributed by atoms with Crippen molar-refractivity contribution in [2.75, 3.05) is 38.5 Å². The average molecular weight is 653 g/mol. The van der Waals surface area contributed by atoms with Crippen molar-refractivity contribution >= 4 is 29.4 Å². The largest absolute Gasteiger partial charge is 0.338 e. The number of carbonyl (C=O) groups excluding carboxylic acids is 4. The smallest absolute Gasteiger partial charge is 0.315 e. The predicted octanol–water partition coefficient (Wildman–Crippen LogP) is 3.46. The molecule has 2 saturated carbocycles. The Balaban J connectivity index is 1.34. The molecule has 0 bridgehead atoms. The summed E-state index contributed by atoms with van der Waals surface area (Å²) in [6, 6.07) is 4.87. The SMILES string of the molecule is CCn1nccc1C(=O)N[C@@](C)(C(=O)Nc1ccc([C@H](C)[C@@H](NC(=O)NC2CC2)C(=O)N2CCN(C)CC2)cc1F)C1CCCCC1. The maximum Gasteiger partial charge on any atom is 0.315 e. The molecule has 0 radical (unpaired) electrons. The molecule has 2 aromatic rings. The number of hydrogen-bond acceptors (Lipinski definition) is 6. The second-order valence-corrected chi connectivity index (χ2v) is 13.5. The lowest BCUT2D eigenvalue weighted by atomic mass is 9.75. The molecule has 2 aliphatic carbocycles. The average Bonchev–Trinajstić information content (AvgIpc) is 3.75. The Morgan fingerprint density at radius 1 is 1.02 bits per heavy atom. The lowest BCUT2D eigenvalue weighted by Crippen LogP contribution is -2.60. The molecule has 1 aromatic carbocycles. The van der Waals surface area contributed by atoms with E-state index in [0.717, 1.165) is 58.0 Å². The van der Waals surface area contributed by atoms with Crippen LogP contribution in [0.4, 0.5) is 14.9 Å². The number of urea groups is 1. The lowest BCUT2D eigenvalue weighted by Gasteiger charge is -2.39. The van der Waals surface area contributed by atoms with Gasteiger partial charge in [-0.25, -0.2) is 9.18 Å². The van der Waals surface area contributed by atoms with Crippen LogP contribution in [0.5, 0.6) is 0 Å². The van der Waals surface area contributed by atoms with E-state index in [2.05, 4.69) is 31.3 Å². The fourth-order valence-corrected chi connectivity index (χ4v) is 6.68. The van der Waals surface area contributed by atoms with E-state index in [9.17, 15) is 19.2 Å². The molecule has 0 unspecified atom stereocenters. The minimum Gasteiger partial charge on any atom is -0.338 e. The maximum atomic E-state index is 15.8. The first-order valence-corrected chi connectivity index (χ1v) is 17.0. The summed E-state index contributed by atoms with van der Waals surface area (Å²) in [5.41, 5.74) is -0.456. The number of halogens is 1. The van der Waals surface area contributed by atoms with Crippen molar-refractivity contribution in [3.63, 3.8) is 0 Å². The lowest BCUT2D eigenvalue weighted by molar-refractivity contribution is -0.135. The van der Waals surface area contributed by atoms with Gasteiger partial charge < -0.3 is 31.1 Å². The van der Waals surface area contributed by atoms with E-state index in [1.165, 1.54) is 12.1 Å². The molecule has 47 heavy (non-hydrogen) atoms. The van der Waals surface area contributed by atoms with Crippen LogP contribution < -0.4 is 21.3 Å². The summed E-state index contributed by atoms with van der Waals surface area (Å²) in [4.78, 5) is 57.7. The second-order valence-electron chi connectivity index (χ2n) is 13.5. The van der Waals surface area contributed by atoms with Crippen molar-refractivity contribution in [3.8, 4) is 0 Å². The molecule has 5 rings (SSSR count). The van der Waals surface area contributed by atoms with E-state index < -0.39 is 41.2 Å². The monoisotopic (exact) mass is 652 g/mol.